The number of hydrogen-bond acceptors (Lipinski definition) is 8. The van der Waals surface area contributed by atoms with Crippen molar-refractivity contribution < 1.29 is 23.1 Å². The van der Waals surface area contributed by atoms with Crippen molar-refractivity contribution in [1.29, 1.82) is 0 Å². The number of aromatic nitrogens is 1. The summed E-state index contributed by atoms with van der Waals surface area (Å²) in [6.45, 7) is 4.04. The van der Waals surface area contributed by atoms with E-state index in [1.807, 2.05) is 47.4 Å². The lowest BCUT2D eigenvalue weighted by atomic mass is 10.1. The molecule has 9 heteroatoms. The Morgan fingerprint density at radius 2 is 1.79 bits per heavy atom. The van der Waals surface area contributed by atoms with E-state index in [1.54, 1.807) is 6.07 Å². The third-order valence-corrected chi connectivity index (χ3v) is 6.84. The molecule has 0 saturated carbocycles. The van der Waals surface area contributed by atoms with E-state index < -0.39 is 0 Å². The Morgan fingerprint density at radius 1 is 0.941 bits per heavy atom. The summed E-state index contributed by atoms with van der Waals surface area (Å²) >= 11 is 1.45. The van der Waals surface area contributed by atoms with Crippen LogP contribution in [-0.2, 0) is 12.3 Å². The number of thioether (sulfide) groups is 1. The molecule has 1 fully saturated rings. The standard InChI is InChI=1S/C25H23N3O5S/c29-24(22-8-6-18(32-22)15-34-25-26-19-3-1-2-4-20(19)33-25)28-11-9-27(10-12-28)14-17-5-7-21-23(13-17)31-16-30-21/h1-8,13H,9-12,14-16H2. The van der Waals surface area contributed by atoms with E-state index in [4.69, 9.17) is 18.3 Å². The molecular weight excluding hydrogens is 454 g/mol. The van der Waals surface area contributed by atoms with E-state index in [0.717, 1.165) is 48.0 Å². The van der Waals surface area contributed by atoms with Crippen molar-refractivity contribution >= 4 is 28.8 Å². The lowest BCUT2D eigenvalue weighted by Crippen LogP contribution is -2.48. The number of oxazole rings is 1. The van der Waals surface area contributed by atoms with Gasteiger partial charge in [0.05, 0.1) is 5.75 Å². The molecule has 0 aliphatic carbocycles. The van der Waals surface area contributed by atoms with Crippen LogP contribution in [0.4, 0.5) is 0 Å². The van der Waals surface area contributed by atoms with E-state index in [2.05, 4.69) is 16.0 Å². The maximum absolute atomic E-state index is 12.9. The monoisotopic (exact) mass is 477 g/mol. The normalized spacial score (nSPS) is 15.8. The smallest absolute Gasteiger partial charge is 0.289 e. The summed E-state index contributed by atoms with van der Waals surface area (Å²) in [7, 11) is 0. The second-order valence-corrected chi connectivity index (χ2v) is 9.18. The van der Waals surface area contributed by atoms with Gasteiger partial charge in [0.1, 0.15) is 11.3 Å². The van der Waals surface area contributed by atoms with Crippen molar-refractivity contribution in [2.75, 3.05) is 33.0 Å². The molecule has 0 unspecified atom stereocenters. The number of nitrogens with zero attached hydrogens (tertiary/aromatic N) is 3. The van der Waals surface area contributed by atoms with E-state index in [9.17, 15) is 4.79 Å². The number of carbonyl (C=O) groups is 1. The van der Waals surface area contributed by atoms with Crippen LogP contribution in [0, 0.1) is 0 Å². The second-order valence-electron chi connectivity index (χ2n) is 8.26. The molecule has 1 amide bonds. The Balaban J connectivity index is 1.01. The van der Waals surface area contributed by atoms with Crippen LogP contribution < -0.4 is 9.47 Å². The van der Waals surface area contributed by atoms with Gasteiger partial charge in [-0.2, -0.15) is 0 Å². The van der Waals surface area contributed by atoms with Crippen molar-refractivity contribution in [3.05, 3.63) is 71.7 Å². The molecule has 4 heterocycles. The molecule has 0 N–H and O–H groups in total. The first kappa shape index (κ1) is 21.1. The van der Waals surface area contributed by atoms with Gasteiger partial charge in [-0.3, -0.25) is 9.69 Å². The van der Waals surface area contributed by atoms with E-state index in [0.29, 0.717) is 29.8 Å². The summed E-state index contributed by atoms with van der Waals surface area (Å²) in [6, 6.07) is 17.3. The van der Waals surface area contributed by atoms with Gasteiger partial charge in [0.25, 0.3) is 11.1 Å². The maximum atomic E-state index is 12.9. The second kappa shape index (κ2) is 9.08. The van der Waals surface area contributed by atoms with Gasteiger partial charge in [-0.05, 0) is 42.0 Å². The first-order valence-corrected chi connectivity index (χ1v) is 12.2. The summed E-state index contributed by atoms with van der Waals surface area (Å²) in [5.41, 5.74) is 2.77. The predicted octanol–water partition coefficient (Wildman–Crippen LogP) is 4.40. The molecular formula is C25H23N3O5S. The molecule has 2 aromatic carbocycles. The lowest BCUT2D eigenvalue weighted by Gasteiger charge is -2.34. The molecule has 0 radical (unpaired) electrons. The van der Waals surface area contributed by atoms with Gasteiger partial charge in [0, 0.05) is 32.7 Å². The minimum atomic E-state index is -0.0687. The summed E-state index contributed by atoms with van der Waals surface area (Å²) in [4.78, 5) is 21.6. The number of furan rings is 1. The number of benzene rings is 2. The summed E-state index contributed by atoms with van der Waals surface area (Å²) in [5, 5.41) is 0.587. The Bertz CT molecular complexity index is 1290. The highest BCUT2D eigenvalue weighted by molar-refractivity contribution is 7.98. The fourth-order valence-electron chi connectivity index (χ4n) is 4.18. The van der Waals surface area contributed by atoms with E-state index in [-0.39, 0.29) is 12.7 Å². The van der Waals surface area contributed by atoms with Gasteiger partial charge in [0.2, 0.25) is 6.79 Å². The number of hydrogen-bond donors (Lipinski definition) is 0. The molecule has 8 nitrogen and oxygen atoms in total. The van der Waals surface area contributed by atoms with Crippen molar-refractivity contribution in [3.8, 4) is 11.5 Å². The van der Waals surface area contributed by atoms with Crippen molar-refractivity contribution in [2.24, 2.45) is 0 Å². The number of rotatable bonds is 6. The summed E-state index contributed by atoms with van der Waals surface area (Å²) in [5.74, 6) is 3.16. The zero-order valence-electron chi connectivity index (χ0n) is 18.4. The minimum absolute atomic E-state index is 0.0687. The fraction of sp³-hybridized carbons (Fsp3) is 0.280. The SMILES string of the molecule is O=C(c1ccc(CSc2nc3ccccc3o2)o1)N1CCN(Cc2ccc3c(c2)OCO3)CC1. The molecule has 2 aromatic heterocycles. The zero-order chi connectivity index (χ0) is 22.9. The number of carbonyl (C=O) groups excluding carboxylic acids is 1. The molecule has 0 atom stereocenters. The van der Waals surface area contributed by atoms with Crippen LogP contribution in [0.25, 0.3) is 11.1 Å². The number of para-hydroxylation sites is 2. The molecule has 34 heavy (non-hydrogen) atoms. The maximum Gasteiger partial charge on any atom is 0.289 e. The van der Waals surface area contributed by atoms with Gasteiger partial charge in [-0.15, -0.1) is 0 Å². The topological polar surface area (TPSA) is 81.2 Å². The van der Waals surface area contributed by atoms with Crippen LogP contribution in [-0.4, -0.2) is 53.7 Å². The molecule has 4 aromatic rings. The van der Waals surface area contributed by atoms with Crippen LogP contribution in [0.3, 0.4) is 0 Å². The zero-order valence-corrected chi connectivity index (χ0v) is 19.3. The summed E-state index contributed by atoms with van der Waals surface area (Å²) in [6.07, 6.45) is 0. The van der Waals surface area contributed by atoms with Gasteiger partial charge in [-0.25, -0.2) is 4.98 Å². The average molecular weight is 478 g/mol. The van der Waals surface area contributed by atoms with Gasteiger partial charge in [0.15, 0.2) is 22.8 Å². The number of fused-ring (bicyclic) bond motifs is 2. The predicted molar refractivity (Wildman–Crippen MR) is 126 cm³/mol. The largest absolute Gasteiger partial charge is 0.455 e. The number of amides is 1. The molecule has 0 bridgehead atoms. The molecule has 1 saturated heterocycles. The first-order valence-electron chi connectivity index (χ1n) is 11.2. The number of ether oxygens (including phenoxy) is 2. The van der Waals surface area contributed by atoms with Crippen molar-refractivity contribution in [3.63, 3.8) is 0 Å². The van der Waals surface area contributed by atoms with Crippen LogP contribution in [0.5, 0.6) is 11.5 Å². The van der Waals surface area contributed by atoms with Crippen LogP contribution in [0.15, 0.2) is 68.7 Å². The number of piperazine rings is 1. The van der Waals surface area contributed by atoms with Crippen molar-refractivity contribution in [1.82, 2.24) is 14.8 Å². The molecule has 2 aliphatic heterocycles. The van der Waals surface area contributed by atoms with Crippen molar-refractivity contribution in [2.45, 2.75) is 17.5 Å². The third-order valence-electron chi connectivity index (χ3n) is 5.99. The van der Waals surface area contributed by atoms with Gasteiger partial charge in [-0.1, -0.05) is 30.0 Å². The Morgan fingerprint density at radius 3 is 2.68 bits per heavy atom. The average Bonchev–Trinajstić information content (AvgIpc) is 3.61. The molecule has 174 valence electrons. The van der Waals surface area contributed by atoms with Crippen LogP contribution in [0.2, 0.25) is 0 Å². The Kier molecular flexibility index (Phi) is 5.64. The Labute approximate surface area is 200 Å². The third kappa shape index (κ3) is 4.36. The fourth-order valence-corrected chi connectivity index (χ4v) is 4.91. The highest BCUT2D eigenvalue weighted by Crippen LogP contribution is 2.33. The molecule has 2 aliphatic rings. The van der Waals surface area contributed by atoms with Gasteiger partial charge < -0.3 is 23.2 Å². The quantitative estimate of drug-likeness (QED) is 0.378. The van der Waals surface area contributed by atoms with E-state index in [1.165, 1.54) is 17.3 Å². The first-order chi connectivity index (χ1) is 16.7. The van der Waals surface area contributed by atoms with Gasteiger partial charge >= 0.3 is 0 Å². The van der Waals surface area contributed by atoms with Crippen LogP contribution in [0.1, 0.15) is 21.9 Å². The molecule has 0 spiro atoms. The lowest BCUT2D eigenvalue weighted by molar-refractivity contribution is 0.0596. The highest BCUT2D eigenvalue weighted by Gasteiger charge is 2.25. The Hall–Kier alpha value is -3.43. The molecule has 6 rings (SSSR count). The van der Waals surface area contributed by atoms with Crippen LogP contribution >= 0.6 is 11.8 Å². The minimum Gasteiger partial charge on any atom is -0.455 e. The highest BCUT2D eigenvalue weighted by atomic mass is 32.2. The summed E-state index contributed by atoms with van der Waals surface area (Å²) < 4.78 is 22.4. The van der Waals surface area contributed by atoms with E-state index >= 15 is 0 Å².